The molecule has 0 aromatic rings. The van der Waals surface area contributed by atoms with Crippen molar-refractivity contribution < 1.29 is 14.4 Å². The Hall–Kier alpha value is -2.00. The summed E-state index contributed by atoms with van der Waals surface area (Å²) in [6.07, 6.45) is 1.59. The molecule has 5 nitrogen and oxygen atoms in total. The topological polar surface area (TPSA) is 85.5 Å². The number of amides is 1. The quantitative estimate of drug-likeness (QED) is 0.444. The summed E-state index contributed by atoms with van der Waals surface area (Å²) in [5.74, 6) is 0.460. The average Bonchev–Trinajstić information content (AvgIpc) is 2.26. The Morgan fingerprint density at radius 1 is 1.33 bits per heavy atom. The number of hydrogen-bond acceptors (Lipinski definition) is 3. The van der Waals surface area contributed by atoms with Crippen molar-refractivity contribution in [3.05, 3.63) is 22.6 Å². The van der Waals surface area contributed by atoms with Gasteiger partial charge >= 0.3 is 0 Å². The van der Waals surface area contributed by atoms with Crippen molar-refractivity contribution in [3.63, 3.8) is 0 Å². The highest BCUT2D eigenvalue weighted by atomic mass is 16.2. The number of nitrogens with zero attached hydrogens (tertiary/aromatic N) is 1. The number of likely N-dealkylation sites (N-methyl/N-ethyl adjacent to an activating group) is 1. The molecule has 0 heterocycles. The van der Waals surface area contributed by atoms with E-state index in [1.165, 1.54) is 7.05 Å². The third kappa shape index (κ3) is 3.02. The summed E-state index contributed by atoms with van der Waals surface area (Å²) in [4.78, 5) is 35.0. The van der Waals surface area contributed by atoms with E-state index in [-0.39, 0.29) is 41.0 Å². The van der Waals surface area contributed by atoms with Gasteiger partial charge in [-0.15, -0.1) is 0 Å². The van der Waals surface area contributed by atoms with Crippen LogP contribution in [0.1, 0.15) is 26.7 Å². The molecule has 1 N–H and O–H groups in total. The number of allylic oxidation sites excluding steroid dienone is 1. The lowest BCUT2D eigenvalue weighted by Crippen LogP contribution is -2.32. The lowest BCUT2D eigenvalue weighted by molar-refractivity contribution is -0.127. The van der Waals surface area contributed by atoms with Crippen LogP contribution in [0.2, 0.25) is 0 Å². The normalized spacial score (nSPS) is 18.1. The monoisotopic (exact) mass is 247 g/mol. The van der Waals surface area contributed by atoms with E-state index >= 15 is 0 Å². The van der Waals surface area contributed by atoms with Crippen LogP contribution in [0, 0.1) is 5.41 Å². The van der Waals surface area contributed by atoms with Crippen LogP contribution in [0.15, 0.2) is 17.2 Å². The second-order valence-corrected chi connectivity index (χ2v) is 5.03. The van der Waals surface area contributed by atoms with Crippen LogP contribution >= 0.6 is 0 Å². The fourth-order valence-corrected chi connectivity index (χ4v) is 1.87. The Morgan fingerprint density at radius 3 is 2.22 bits per heavy atom. The first-order valence-corrected chi connectivity index (χ1v) is 5.58. The number of carbonyl (C=O) groups excluding carboxylic acids is 3. The van der Waals surface area contributed by atoms with E-state index in [1.807, 2.05) is 13.8 Å². The highest BCUT2D eigenvalue weighted by Crippen LogP contribution is 2.33. The lowest BCUT2D eigenvalue weighted by Gasteiger charge is -2.28. The second-order valence-electron chi connectivity index (χ2n) is 5.03. The number of Topliss-reactive ketones (excluding diaryl/α,β-unsaturated/α-hetero) is 2. The zero-order chi connectivity index (χ0) is 13.9. The van der Waals surface area contributed by atoms with Crippen molar-refractivity contribution in [2.24, 2.45) is 5.41 Å². The standard InChI is InChI=1S/C13H15N2O3/c1-13(2)5-10(16)9(11(17)6-13)4-8(7-14)12(18)15-3/h4H,5-6H2,1-3H3,(H,15,18)/q-1. The first kappa shape index (κ1) is 14.1. The van der Waals surface area contributed by atoms with Crippen molar-refractivity contribution >= 4 is 23.3 Å². The maximum absolute atomic E-state index is 11.8. The van der Waals surface area contributed by atoms with Gasteiger partial charge in [0.05, 0.1) is 11.1 Å². The van der Waals surface area contributed by atoms with E-state index in [9.17, 15) is 14.4 Å². The molecular formula is C13H15N2O3-. The molecule has 0 saturated heterocycles. The number of carbonyl (C=O) groups is 3. The van der Waals surface area contributed by atoms with E-state index in [4.69, 9.17) is 5.41 Å². The van der Waals surface area contributed by atoms with E-state index in [1.54, 1.807) is 5.87 Å². The van der Waals surface area contributed by atoms with Gasteiger partial charge in [-0.05, 0) is 11.5 Å². The Balaban J connectivity index is 3.10. The molecule has 0 spiro atoms. The summed E-state index contributed by atoms with van der Waals surface area (Å²) in [5, 5.41) is 11.1. The van der Waals surface area contributed by atoms with Gasteiger partial charge in [-0.3, -0.25) is 20.3 Å². The molecule has 1 aliphatic rings. The summed E-state index contributed by atoms with van der Waals surface area (Å²) >= 11 is 0. The molecule has 1 amide bonds. The molecule has 0 atom stereocenters. The van der Waals surface area contributed by atoms with Crippen LogP contribution in [-0.4, -0.2) is 30.4 Å². The van der Waals surface area contributed by atoms with Gasteiger partial charge in [-0.2, -0.15) is 0 Å². The SMILES string of the molecule is CNC(=O)C(=C=[N-])C=C1C(=O)CC(C)(C)CC1=O. The summed E-state index contributed by atoms with van der Waals surface area (Å²) < 4.78 is 0. The predicted octanol–water partition coefficient (Wildman–Crippen LogP) is 0.782. The van der Waals surface area contributed by atoms with Crippen LogP contribution in [0.3, 0.4) is 0 Å². The van der Waals surface area contributed by atoms with Crippen LogP contribution in [0.5, 0.6) is 0 Å². The molecule has 1 aliphatic carbocycles. The minimum atomic E-state index is -0.601. The lowest BCUT2D eigenvalue weighted by atomic mass is 9.74. The van der Waals surface area contributed by atoms with E-state index in [0.29, 0.717) is 0 Å². The predicted molar refractivity (Wildman–Crippen MR) is 67.1 cm³/mol. The fraction of sp³-hybridized carbons (Fsp3) is 0.462. The van der Waals surface area contributed by atoms with Gasteiger partial charge in [0.1, 0.15) is 0 Å². The Labute approximate surface area is 105 Å². The molecule has 0 aromatic heterocycles. The van der Waals surface area contributed by atoms with E-state index < -0.39 is 5.91 Å². The minimum absolute atomic E-state index is 0.0468. The molecule has 96 valence electrons. The zero-order valence-electron chi connectivity index (χ0n) is 10.7. The van der Waals surface area contributed by atoms with Crippen molar-refractivity contribution in [2.45, 2.75) is 26.7 Å². The van der Waals surface area contributed by atoms with E-state index in [2.05, 4.69) is 5.32 Å². The molecule has 1 rings (SSSR count). The van der Waals surface area contributed by atoms with Gasteiger partial charge in [0.15, 0.2) is 11.6 Å². The maximum Gasteiger partial charge on any atom is 0.257 e. The molecule has 0 aliphatic heterocycles. The van der Waals surface area contributed by atoms with Gasteiger partial charge in [-0.1, -0.05) is 13.8 Å². The second kappa shape index (κ2) is 5.10. The molecule has 5 heteroatoms. The first-order valence-electron chi connectivity index (χ1n) is 5.58. The zero-order valence-corrected chi connectivity index (χ0v) is 10.7. The third-order valence-electron chi connectivity index (χ3n) is 2.76. The van der Waals surface area contributed by atoms with Gasteiger partial charge in [0.25, 0.3) is 5.91 Å². The van der Waals surface area contributed by atoms with Crippen LogP contribution in [0.4, 0.5) is 0 Å². The van der Waals surface area contributed by atoms with Crippen molar-refractivity contribution in [1.82, 2.24) is 5.32 Å². The molecule has 0 radical (unpaired) electrons. The molecular weight excluding hydrogens is 232 g/mol. The number of nitrogens with one attached hydrogen (secondary N) is 1. The summed E-state index contributed by atoms with van der Waals surface area (Å²) in [7, 11) is 1.38. The number of rotatable bonds is 2. The Morgan fingerprint density at radius 2 is 1.83 bits per heavy atom. The molecule has 0 unspecified atom stereocenters. The van der Waals surface area contributed by atoms with Gasteiger partial charge in [0, 0.05) is 19.9 Å². The first-order chi connectivity index (χ1) is 8.30. The fourth-order valence-electron chi connectivity index (χ4n) is 1.87. The smallest absolute Gasteiger partial charge is 0.257 e. The van der Waals surface area contributed by atoms with Crippen molar-refractivity contribution in [3.8, 4) is 0 Å². The summed E-state index contributed by atoms with van der Waals surface area (Å²) in [6.45, 7) is 3.68. The molecule has 18 heavy (non-hydrogen) atoms. The summed E-state index contributed by atoms with van der Waals surface area (Å²) in [6, 6.07) is 0. The van der Waals surface area contributed by atoms with Gasteiger partial charge in [0.2, 0.25) is 0 Å². The molecule has 0 bridgehead atoms. The van der Waals surface area contributed by atoms with Crippen molar-refractivity contribution in [1.29, 1.82) is 0 Å². The maximum atomic E-state index is 11.8. The number of hydrogen-bond donors (Lipinski definition) is 1. The minimum Gasteiger partial charge on any atom is -0.763 e. The third-order valence-corrected chi connectivity index (χ3v) is 2.76. The van der Waals surface area contributed by atoms with E-state index in [0.717, 1.165) is 6.08 Å². The highest BCUT2D eigenvalue weighted by molar-refractivity contribution is 6.23. The van der Waals surface area contributed by atoms with Crippen LogP contribution in [-0.2, 0) is 14.4 Å². The highest BCUT2D eigenvalue weighted by Gasteiger charge is 2.35. The Kier molecular flexibility index (Phi) is 3.99. The molecule has 1 fully saturated rings. The summed E-state index contributed by atoms with van der Waals surface area (Å²) in [5.41, 5.74) is -0.630. The van der Waals surface area contributed by atoms with Crippen LogP contribution in [0.25, 0.3) is 5.41 Å². The molecule has 0 aromatic carbocycles. The largest absolute Gasteiger partial charge is 0.763 e. The van der Waals surface area contributed by atoms with Gasteiger partial charge in [-0.25, -0.2) is 0 Å². The number of ketones is 2. The van der Waals surface area contributed by atoms with Crippen LogP contribution < -0.4 is 5.32 Å². The molecule has 1 saturated carbocycles. The van der Waals surface area contributed by atoms with Crippen molar-refractivity contribution in [2.75, 3.05) is 7.05 Å². The Bertz CT molecular complexity index is 472. The van der Waals surface area contributed by atoms with Gasteiger partial charge < -0.3 is 10.7 Å². The average molecular weight is 247 g/mol.